The molecule has 0 saturated carbocycles. The molecule has 2 aromatic carbocycles. The van der Waals surface area contributed by atoms with E-state index in [0.29, 0.717) is 24.5 Å². The number of benzene rings is 2. The van der Waals surface area contributed by atoms with E-state index in [0.717, 1.165) is 22.4 Å². The number of nitrogens with two attached hydrogens (primary N) is 1. The molecular formula is C21H22N5OP. The van der Waals surface area contributed by atoms with Crippen LogP contribution in [0.5, 0.6) is 0 Å². The van der Waals surface area contributed by atoms with Crippen LogP contribution in [0.1, 0.15) is 18.7 Å². The first-order valence-corrected chi connectivity index (χ1v) is 9.88. The minimum Gasteiger partial charge on any atom is -0.421 e. The van der Waals surface area contributed by atoms with Crippen molar-refractivity contribution in [2.45, 2.75) is 19.0 Å². The molecule has 0 fully saturated rings. The van der Waals surface area contributed by atoms with Crippen LogP contribution in [0.25, 0.3) is 22.4 Å². The normalized spacial score (nSPS) is 13.4. The molecule has 0 saturated heterocycles. The second-order valence-corrected chi connectivity index (χ2v) is 7.33. The summed E-state index contributed by atoms with van der Waals surface area (Å²) in [6, 6.07) is 20.4. The standard InChI is InChI=1S/C21H22N5OP/c1-21(22,14-28)20-25-24-18(27-20)13-26-19(16-10-6-3-7-11-16)17(12-23-26)15-8-4-2-5-9-15/h2-12H,13-14,22,28H2,1H3/t21-/m1/s1. The van der Waals surface area contributed by atoms with E-state index in [1.165, 1.54) is 0 Å². The Bertz CT molecular complexity index is 1060. The molecule has 0 radical (unpaired) electrons. The highest BCUT2D eigenvalue weighted by Gasteiger charge is 2.26. The second-order valence-electron chi connectivity index (χ2n) is 6.92. The highest BCUT2D eigenvalue weighted by atomic mass is 31.0. The summed E-state index contributed by atoms with van der Waals surface area (Å²) in [5.41, 5.74) is 9.78. The first-order chi connectivity index (χ1) is 13.6. The Balaban J connectivity index is 1.75. The number of nitrogens with zero attached hydrogens (tertiary/aromatic N) is 4. The summed E-state index contributed by atoms with van der Waals surface area (Å²) in [4.78, 5) is 0. The van der Waals surface area contributed by atoms with Gasteiger partial charge in [-0.05, 0) is 18.6 Å². The maximum absolute atomic E-state index is 6.21. The molecule has 2 N–H and O–H groups in total. The van der Waals surface area contributed by atoms with Crippen LogP contribution in [-0.4, -0.2) is 26.1 Å². The third kappa shape index (κ3) is 3.61. The molecule has 2 aromatic heterocycles. The summed E-state index contributed by atoms with van der Waals surface area (Å²) >= 11 is 0. The first-order valence-electron chi connectivity index (χ1n) is 9.07. The maximum Gasteiger partial charge on any atom is 0.238 e. The fourth-order valence-corrected chi connectivity index (χ4v) is 3.17. The molecule has 0 aliphatic heterocycles. The van der Waals surface area contributed by atoms with Crippen LogP contribution in [0, 0.1) is 0 Å². The Labute approximate surface area is 166 Å². The van der Waals surface area contributed by atoms with Gasteiger partial charge in [-0.3, -0.25) is 4.68 Å². The molecule has 2 atom stereocenters. The minimum absolute atomic E-state index is 0.372. The van der Waals surface area contributed by atoms with E-state index in [-0.39, 0.29) is 0 Å². The molecule has 0 spiro atoms. The van der Waals surface area contributed by atoms with E-state index in [1.54, 1.807) is 0 Å². The van der Waals surface area contributed by atoms with Gasteiger partial charge in [0.25, 0.3) is 0 Å². The van der Waals surface area contributed by atoms with Gasteiger partial charge in [-0.25, -0.2) is 0 Å². The molecule has 4 rings (SSSR count). The molecular weight excluding hydrogens is 369 g/mol. The third-order valence-corrected chi connectivity index (χ3v) is 5.48. The van der Waals surface area contributed by atoms with Gasteiger partial charge in [-0.1, -0.05) is 60.7 Å². The molecule has 7 heteroatoms. The van der Waals surface area contributed by atoms with Gasteiger partial charge in [0.1, 0.15) is 6.54 Å². The van der Waals surface area contributed by atoms with Crippen LogP contribution in [0.2, 0.25) is 0 Å². The van der Waals surface area contributed by atoms with Crippen molar-refractivity contribution in [1.29, 1.82) is 0 Å². The first kappa shape index (κ1) is 18.5. The van der Waals surface area contributed by atoms with Crippen molar-refractivity contribution in [3.63, 3.8) is 0 Å². The summed E-state index contributed by atoms with van der Waals surface area (Å²) in [7, 11) is 2.61. The lowest BCUT2D eigenvalue weighted by molar-refractivity contribution is 0.357. The van der Waals surface area contributed by atoms with Gasteiger partial charge in [0.05, 0.1) is 17.4 Å². The highest BCUT2D eigenvalue weighted by Crippen LogP contribution is 2.32. The zero-order valence-electron chi connectivity index (χ0n) is 15.6. The van der Waals surface area contributed by atoms with Gasteiger partial charge < -0.3 is 10.2 Å². The molecule has 0 aliphatic rings. The smallest absolute Gasteiger partial charge is 0.238 e. The van der Waals surface area contributed by atoms with E-state index in [4.69, 9.17) is 10.2 Å². The van der Waals surface area contributed by atoms with Gasteiger partial charge in [-0.2, -0.15) is 5.10 Å². The molecule has 28 heavy (non-hydrogen) atoms. The average Bonchev–Trinajstić information content (AvgIpc) is 3.37. The fourth-order valence-electron chi connectivity index (χ4n) is 3.00. The van der Waals surface area contributed by atoms with Gasteiger partial charge in [0, 0.05) is 11.1 Å². The molecule has 2 heterocycles. The summed E-state index contributed by atoms with van der Waals surface area (Å²) in [6.07, 6.45) is 2.51. The molecule has 0 amide bonds. The van der Waals surface area contributed by atoms with E-state index in [9.17, 15) is 0 Å². The quantitative estimate of drug-likeness (QED) is 0.507. The lowest BCUT2D eigenvalue weighted by Crippen LogP contribution is -2.35. The van der Waals surface area contributed by atoms with Crippen LogP contribution < -0.4 is 5.73 Å². The maximum atomic E-state index is 6.21. The van der Waals surface area contributed by atoms with Gasteiger partial charge in [0.15, 0.2) is 0 Å². The predicted octanol–water partition coefficient (Wildman–Crippen LogP) is 3.70. The average molecular weight is 391 g/mol. The summed E-state index contributed by atoms with van der Waals surface area (Å²) in [5.74, 6) is 0.902. The zero-order valence-corrected chi connectivity index (χ0v) is 16.8. The van der Waals surface area contributed by atoms with Crippen LogP contribution in [0.15, 0.2) is 71.3 Å². The van der Waals surface area contributed by atoms with Crippen LogP contribution in [-0.2, 0) is 12.1 Å². The van der Waals surface area contributed by atoms with Crippen LogP contribution in [0.4, 0.5) is 0 Å². The zero-order chi connectivity index (χ0) is 19.6. The topological polar surface area (TPSA) is 82.8 Å². The highest BCUT2D eigenvalue weighted by molar-refractivity contribution is 7.16. The molecule has 0 aliphatic carbocycles. The molecule has 6 nitrogen and oxygen atoms in total. The van der Waals surface area contributed by atoms with E-state index >= 15 is 0 Å². The number of hydrogen-bond donors (Lipinski definition) is 1. The molecule has 142 valence electrons. The third-order valence-electron chi connectivity index (χ3n) is 4.64. The Morgan fingerprint density at radius 3 is 2.29 bits per heavy atom. The minimum atomic E-state index is -0.669. The van der Waals surface area contributed by atoms with Crippen molar-refractivity contribution in [2.75, 3.05) is 6.16 Å². The number of aromatic nitrogens is 4. The Kier molecular flexibility index (Phi) is 5.07. The predicted molar refractivity (Wildman–Crippen MR) is 113 cm³/mol. The lowest BCUT2D eigenvalue weighted by atomic mass is 10.0. The molecule has 1 unspecified atom stereocenters. The molecule has 0 bridgehead atoms. The van der Waals surface area contributed by atoms with Crippen molar-refractivity contribution < 1.29 is 4.42 Å². The van der Waals surface area contributed by atoms with Crippen molar-refractivity contribution in [1.82, 2.24) is 20.0 Å². The van der Waals surface area contributed by atoms with Crippen molar-refractivity contribution >= 4 is 9.24 Å². The van der Waals surface area contributed by atoms with Crippen molar-refractivity contribution in [3.8, 4) is 22.4 Å². The van der Waals surface area contributed by atoms with Crippen LogP contribution in [0.3, 0.4) is 0 Å². The lowest BCUT2D eigenvalue weighted by Gasteiger charge is -2.16. The van der Waals surface area contributed by atoms with Gasteiger partial charge >= 0.3 is 0 Å². The van der Waals surface area contributed by atoms with E-state index < -0.39 is 5.54 Å². The largest absolute Gasteiger partial charge is 0.421 e. The van der Waals surface area contributed by atoms with Crippen LogP contribution >= 0.6 is 9.24 Å². The van der Waals surface area contributed by atoms with Gasteiger partial charge in [-0.15, -0.1) is 19.4 Å². The summed E-state index contributed by atoms with van der Waals surface area (Å²) in [6.45, 7) is 2.24. The fraction of sp³-hybridized carbons (Fsp3) is 0.190. The van der Waals surface area contributed by atoms with Crippen molar-refractivity contribution in [2.24, 2.45) is 5.73 Å². The van der Waals surface area contributed by atoms with E-state index in [1.807, 2.05) is 54.2 Å². The Morgan fingerprint density at radius 1 is 1.00 bits per heavy atom. The Hall–Kier alpha value is -2.82. The SMILES string of the molecule is C[C@@](N)(CP)c1nnc(Cn2ncc(-c3ccccc3)c2-c2ccccc2)o1. The summed E-state index contributed by atoms with van der Waals surface area (Å²) in [5, 5.41) is 12.9. The second kappa shape index (κ2) is 7.66. The monoisotopic (exact) mass is 391 g/mol. The summed E-state index contributed by atoms with van der Waals surface area (Å²) < 4.78 is 7.72. The number of rotatable bonds is 6. The van der Waals surface area contributed by atoms with E-state index in [2.05, 4.69) is 48.8 Å². The Morgan fingerprint density at radius 2 is 1.64 bits per heavy atom. The molecule has 4 aromatic rings. The van der Waals surface area contributed by atoms with Crippen molar-refractivity contribution in [3.05, 3.63) is 78.6 Å². The van der Waals surface area contributed by atoms with Gasteiger partial charge in [0.2, 0.25) is 11.8 Å². The number of hydrogen-bond acceptors (Lipinski definition) is 5.